The summed E-state index contributed by atoms with van der Waals surface area (Å²) in [6.45, 7) is 3.73. The fourth-order valence-electron chi connectivity index (χ4n) is 5.78. The summed E-state index contributed by atoms with van der Waals surface area (Å²) in [6.07, 6.45) is 6.92. The normalized spacial score (nSPS) is 20.5. The highest BCUT2D eigenvalue weighted by atomic mass is 32.2. The molecule has 0 atom stereocenters. The van der Waals surface area contributed by atoms with Crippen molar-refractivity contribution >= 4 is 32.5 Å². The molecule has 6 nitrogen and oxygen atoms in total. The van der Waals surface area contributed by atoms with Gasteiger partial charge < -0.3 is 9.88 Å². The van der Waals surface area contributed by atoms with Crippen LogP contribution in [0.4, 0.5) is 15.8 Å². The molecule has 3 aromatic rings. The maximum absolute atomic E-state index is 13.7. The van der Waals surface area contributed by atoms with Gasteiger partial charge in [-0.3, -0.25) is 4.31 Å². The van der Waals surface area contributed by atoms with Gasteiger partial charge in [0.05, 0.1) is 11.4 Å². The second-order valence-electron chi connectivity index (χ2n) is 9.53. The average Bonchev–Trinajstić information content (AvgIpc) is 3.30. The largest absolute Gasteiger partial charge is 0.361 e. The van der Waals surface area contributed by atoms with E-state index >= 15 is 0 Å². The number of para-hydroxylation sites is 1. The van der Waals surface area contributed by atoms with E-state index in [1.54, 1.807) is 20.7 Å². The number of anilines is 2. The van der Waals surface area contributed by atoms with E-state index in [0.717, 1.165) is 79.6 Å². The number of fused-ring (bicyclic) bond motifs is 1. The Hall–Kier alpha value is -2.58. The third kappa shape index (κ3) is 3.60. The van der Waals surface area contributed by atoms with Crippen molar-refractivity contribution in [1.29, 1.82) is 0 Å². The fourth-order valence-corrected chi connectivity index (χ4v) is 7.53. The first kappa shape index (κ1) is 21.0. The number of hydrogen-bond acceptors (Lipinski definition) is 3. The lowest BCUT2D eigenvalue weighted by molar-refractivity contribution is 0.189. The minimum Gasteiger partial charge on any atom is -0.361 e. The van der Waals surface area contributed by atoms with Gasteiger partial charge in [-0.2, -0.15) is 8.42 Å². The molecule has 1 saturated heterocycles. The number of H-pyrrole nitrogens is 1. The number of aromatic nitrogens is 1. The Morgan fingerprint density at radius 1 is 1.06 bits per heavy atom. The molecular weight excluding hydrogens is 439 g/mol. The molecule has 0 aliphatic carbocycles. The van der Waals surface area contributed by atoms with Gasteiger partial charge in [-0.05, 0) is 86.5 Å². The highest BCUT2D eigenvalue weighted by molar-refractivity contribution is 7.94. The minimum atomic E-state index is -3.47. The van der Waals surface area contributed by atoms with Crippen LogP contribution in [0, 0.1) is 11.7 Å². The molecule has 4 heterocycles. The maximum Gasteiger partial charge on any atom is 0.326 e. The summed E-state index contributed by atoms with van der Waals surface area (Å²) in [6, 6.07) is 10.9. The molecule has 33 heavy (non-hydrogen) atoms. The molecule has 6 rings (SSSR count). The number of halogens is 1. The van der Waals surface area contributed by atoms with Crippen LogP contribution in [0.3, 0.4) is 0 Å². The van der Waals surface area contributed by atoms with Crippen molar-refractivity contribution in [2.45, 2.75) is 32.1 Å². The van der Waals surface area contributed by atoms with Crippen molar-refractivity contribution in [3.05, 3.63) is 59.5 Å². The Bertz CT molecular complexity index is 1300. The number of hydrogen-bond donors (Lipinski definition) is 1. The van der Waals surface area contributed by atoms with Crippen LogP contribution >= 0.6 is 0 Å². The molecule has 3 aliphatic heterocycles. The van der Waals surface area contributed by atoms with Crippen LogP contribution in [0.15, 0.2) is 42.6 Å². The van der Waals surface area contributed by atoms with Gasteiger partial charge in [-0.15, -0.1) is 0 Å². The zero-order valence-corrected chi connectivity index (χ0v) is 19.5. The Labute approximate surface area is 194 Å². The third-order valence-electron chi connectivity index (χ3n) is 7.55. The van der Waals surface area contributed by atoms with Gasteiger partial charge in [-0.25, -0.2) is 8.70 Å². The van der Waals surface area contributed by atoms with Gasteiger partial charge in [0.1, 0.15) is 5.82 Å². The topological polar surface area (TPSA) is 59.7 Å². The number of aromatic amines is 1. The molecule has 3 aliphatic rings. The summed E-state index contributed by atoms with van der Waals surface area (Å²) in [5, 5.41) is 0.983. The maximum atomic E-state index is 13.7. The quantitative estimate of drug-likeness (QED) is 0.614. The molecule has 0 amide bonds. The van der Waals surface area contributed by atoms with Crippen LogP contribution < -0.4 is 8.61 Å². The van der Waals surface area contributed by atoms with E-state index in [9.17, 15) is 12.8 Å². The van der Waals surface area contributed by atoms with Gasteiger partial charge in [0.15, 0.2) is 0 Å². The van der Waals surface area contributed by atoms with Crippen LogP contribution in [0.1, 0.15) is 30.4 Å². The second kappa shape index (κ2) is 8.02. The molecule has 8 heteroatoms. The first-order chi connectivity index (χ1) is 16.0. The van der Waals surface area contributed by atoms with Gasteiger partial charge in [0, 0.05) is 36.7 Å². The zero-order valence-electron chi connectivity index (χ0n) is 18.6. The molecular formula is C25H29FN4O2S. The van der Waals surface area contributed by atoms with E-state index in [-0.39, 0.29) is 5.82 Å². The lowest BCUT2D eigenvalue weighted by atomic mass is 9.90. The molecule has 0 saturated carbocycles. The Kier molecular flexibility index (Phi) is 5.10. The van der Waals surface area contributed by atoms with E-state index in [4.69, 9.17) is 0 Å². The zero-order chi connectivity index (χ0) is 22.6. The lowest BCUT2D eigenvalue weighted by Crippen LogP contribution is -2.44. The van der Waals surface area contributed by atoms with Gasteiger partial charge >= 0.3 is 10.2 Å². The van der Waals surface area contributed by atoms with Crippen molar-refractivity contribution in [3.63, 3.8) is 0 Å². The Morgan fingerprint density at radius 2 is 1.91 bits per heavy atom. The Morgan fingerprint density at radius 3 is 2.76 bits per heavy atom. The molecule has 174 valence electrons. The first-order valence-electron chi connectivity index (χ1n) is 11.9. The minimum absolute atomic E-state index is 0.197. The van der Waals surface area contributed by atoms with Crippen LogP contribution in [0.5, 0.6) is 0 Å². The van der Waals surface area contributed by atoms with E-state index in [1.165, 1.54) is 11.6 Å². The standard InChI is InChI=1S/C25H29FN4O2S/c26-21-6-7-23-22(16-21)20(17-27-23)15-18-8-11-28(12-9-18)13-14-29-24-5-1-3-19-4-2-10-30(25(19)24)33(29,31)32/h1,3,5-7,16-18,27H,2,4,8-15H2. The summed E-state index contributed by atoms with van der Waals surface area (Å²) in [5.74, 6) is 0.365. The number of rotatable bonds is 5. The number of nitrogens with one attached hydrogen (secondary N) is 1. The highest BCUT2D eigenvalue weighted by Gasteiger charge is 2.42. The fraction of sp³-hybridized carbons (Fsp3) is 0.440. The number of nitrogens with zero attached hydrogens (tertiary/aromatic N) is 3. The van der Waals surface area contributed by atoms with E-state index < -0.39 is 10.2 Å². The summed E-state index contributed by atoms with van der Waals surface area (Å²) >= 11 is 0. The van der Waals surface area contributed by atoms with Crippen molar-refractivity contribution in [2.24, 2.45) is 5.92 Å². The smallest absolute Gasteiger partial charge is 0.326 e. The number of aryl methyl sites for hydroxylation is 1. The van der Waals surface area contributed by atoms with Gasteiger partial charge in [-0.1, -0.05) is 12.1 Å². The molecule has 1 N–H and O–H groups in total. The molecule has 0 spiro atoms. The predicted octanol–water partition coefficient (Wildman–Crippen LogP) is 4.08. The van der Waals surface area contributed by atoms with Crippen LogP contribution in [0.2, 0.25) is 0 Å². The van der Waals surface area contributed by atoms with Crippen molar-refractivity contribution in [1.82, 2.24) is 9.88 Å². The van der Waals surface area contributed by atoms with Gasteiger partial charge in [0.25, 0.3) is 0 Å². The van der Waals surface area contributed by atoms with Crippen molar-refractivity contribution in [2.75, 3.05) is 41.3 Å². The molecule has 2 aromatic carbocycles. The number of benzene rings is 2. The summed E-state index contributed by atoms with van der Waals surface area (Å²) in [4.78, 5) is 5.64. The summed E-state index contributed by atoms with van der Waals surface area (Å²) in [5.41, 5.74) is 5.05. The molecule has 0 radical (unpaired) electrons. The first-order valence-corrected chi connectivity index (χ1v) is 13.3. The molecule has 0 bridgehead atoms. The van der Waals surface area contributed by atoms with Crippen LogP contribution in [0.25, 0.3) is 10.9 Å². The summed E-state index contributed by atoms with van der Waals surface area (Å²) < 4.78 is 43.3. The monoisotopic (exact) mass is 468 g/mol. The van der Waals surface area contributed by atoms with E-state index in [2.05, 4.69) is 16.0 Å². The molecule has 1 aromatic heterocycles. The predicted molar refractivity (Wildman–Crippen MR) is 129 cm³/mol. The van der Waals surface area contributed by atoms with E-state index in [0.29, 0.717) is 19.0 Å². The van der Waals surface area contributed by atoms with Gasteiger partial charge in [0.2, 0.25) is 0 Å². The SMILES string of the molecule is O=S1(=O)N(CCN2CCC(Cc3c[nH]c4ccc(F)cc34)CC2)c2cccc3c2N1CCC3. The second-order valence-corrected chi connectivity index (χ2v) is 11.3. The van der Waals surface area contributed by atoms with Crippen LogP contribution in [-0.2, 0) is 23.1 Å². The average molecular weight is 469 g/mol. The molecule has 0 unspecified atom stereocenters. The lowest BCUT2D eigenvalue weighted by Gasteiger charge is -2.33. The number of likely N-dealkylation sites (tertiary alicyclic amines) is 1. The van der Waals surface area contributed by atoms with Crippen LogP contribution in [-0.4, -0.2) is 51.0 Å². The van der Waals surface area contributed by atoms with Crippen molar-refractivity contribution < 1.29 is 12.8 Å². The summed E-state index contributed by atoms with van der Waals surface area (Å²) in [7, 11) is -3.47. The van der Waals surface area contributed by atoms with E-state index in [1.807, 2.05) is 18.3 Å². The third-order valence-corrected chi connectivity index (χ3v) is 9.40. The van der Waals surface area contributed by atoms with Crippen molar-refractivity contribution in [3.8, 4) is 0 Å². The highest BCUT2D eigenvalue weighted by Crippen LogP contribution is 2.45. The number of piperidine rings is 1. The Balaban J connectivity index is 1.09. The molecule has 1 fully saturated rings.